The lowest BCUT2D eigenvalue weighted by molar-refractivity contribution is -0.118. The molecule has 6 nitrogen and oxygen atoms in total. The molecule has 1 atom stereocenters. The van der Waals surface area contributed by atoms with Gasteiger partial charge in [0.2, 0.25) is 11.8 Å². The van der Waals surface area contributed by atoms with Gasteiger partial charge in [0.15, 0.2) is 0 Å². The highest BCUT2D eigenvalue weighted by atomic mass is 79.9. The van der Waals surface area contributed by atoms with E-state index in [2.05, 4.69) is 26.6 Å². The van der Waals surface area contributed by atoms with Crippen LogP contribution in [0.4, 0.5) is 11.4 Å². The van der Waals surface area contributed by atoms with E-state index in [9.17, 15) is 14.4 Å². The third-order valence-corrected chi connectivity index (χ3v) is 5.26. The maximum Gasteiger partial charge on any atom is 0.251 e. The van der Waals surface area contributed by atoms with Crippen LogP contribution in [0.15, 0.2) is 46.9 Å². The van der Waals surface area contributed by atoms with Crippen molar-refractivity contribution in [1.29, 1.82) is 0 Å². The molecule has 0 spiro atoms. The minimum Gasteiger partial charge on any atom is -0.341 e. The summed E-state index contributed by atoms with van der Waals surface area (Å²) in [6.45, 7) is 2.24. The zero-order valence-electron chi connectivity index (χ0n) is 15.2. The van der Waals surface area contributed by atoms with Crippen molar-refractivity contribution >= 4 is 56.6 Å². The monoisotopic (exact) mass is 463 g/mol. The summed E-state index contributed by atoms with van der Waals surface area (Å²) in [6.07, 6.45) is 1.33. The first-order valence-electron chi connectivity index (χ1n) is 8.82. The standard InChI is InChI=1S/C20H19BrClN3O3/c1-12(23-20(28)13-4-6-14(21)7-5-13)19(27)24-15-8-9-17(16(22)11-15)25-10-2-3-18(25)26/h4-9,11-12H,2-3,10H2,1H3,(H,23,28)(H,24,27)/t12-/m0/s1. The number of anilines is 2. The highest BCUT2D eigenvalue weighted by Crippen LogP contribution is 2.31. The van der Waals surface area contributed by atoms with Crippen LogP contribution in [-0.2, 0) is 9.59 Å². The number of carbonyl (C=O) groups excluding carboxylic acids is 3. The maximum absolute atomic E-state index is 12.4. The van der Waals surface area contributed by atoms with Crippen LogP contribution in [0.2, 0.25) is 5.02 Å². The molecule has 3 amide bonds. The van der Waals surface area contributed by atoms with Crippen molar-refractivity contribution in [2.75, 3.05) is 16.8 Å². The molecule has 3 rings (SSSR count). The minimum atomic E-state index is -0.741. The highest BCUT2D eigenvalue weighted by molar-refractivity contribution is 9.10. The van der Waals surface area contributed by atoms with Crippen LogP contribution in [0, 0.1) is 0 Å². The van der Waals surface area contributed by atoms with Gasteiger partial charge < -0.3 is 15.5 Å². The molecular formula is C20H19BrClN3O3. The van der Waals surface area contributed by atoms with E-state index >= 15 is 0 Å². The van der Waals surface area contributed by atoms with Crippen molar-refractivity contribution in [1.82, 2.24) is 5.32 Å². The Kier molecular flexibility index (Phi) is 6.36. The number of nitrogens with one attached hydrogen (secondary N) is 2. The van der Waals surface area contributed by atoms with Crippen molar-refractivity contribution in [2.24, 2.45) is 0 Å². The Labute approximate surface area is 176 Å². The number of rotatable bonds is 5. The summed E-state index contributed by atoms with van der Waals surface area (Å²) in [6, 6.07) is 11.1. The number of hydrogen-bond acceptors (Lipinski definition) is 3. The smallest absolute Gasteiger partial charge is 0.251 e. The largest absolute Gasteiger partial charge is 0.341 e. The quantitative estimate of drug-likeness (QED) is 0.702. The van der Waals surface area contributed by atoms with E-state index in [-0.39, 0.29) is 17.7 Å². The van der Waals surface area contributed by atoms with Crippen LogP contribution in [-0.4, -0.2) is 30.3 Å². The summed E-state index contributed by atoms with van der Waals surface area (Å²) >= 11 is 9.61. The second-order valence-electron chi connectivity index (χ2n) is 6.51. The number of hydrogen-bond donors (Lipinski definition) is 2. The average Bonchev–Trinajstić information content (AvgIpc) is 3.08. The molecule has 146 valence electrons. The zero-order chi connectivity index (χ0) is 20.3. The molecule has 1 aliphatic rings. The fourth-order valence-corrected chi connectivity index (χ4v) is 3.45. The molecule has 1 aliphatic heterocycles. The number of halogens is 2. The second kappa shape index (κ2) is 8.75. The Morgan fingerprint density at radius 1 is 1.18 bits per heavy atom. The van der Waals surface area contributed by atoms with E-state index in [1.165, 1.54) is 0 Å². The lowest BCUT2D eigenvalue weighted by Gasteiger charge is -2.19. The van der Waals surface area contributed by atoms with Crippen molar-refractivity contribution < 1.29 is 14.4 Å². The average molecular weight is 465 g/mol. The van der Waals surface area contributed by atoms with Crippen molar-refractivity contribution in [2.45, 2.75) is 25.8 Å². The van der Waals surface area contributed by atoms with Crippen molar-refractivity contribution in [3.8, 4) is 0 Å². The van der Waals surface area contributed by atoms with Gasteiger partial charge in [-0.2, -0.15) is 0 Å². The summed E-state index contributed by atoms with van der Waals surface area (Å²) in [5, 5.41) is 5.78. The van der Waals surface area contributed by atoms with E-state index in [0.29, 0.717) is 34.9 Å². The molecule has 0 radical (unpaired) electrons. The summed E-state index contributed by atoms with van der Waals surface area (Å²) in [5.41, 5.74) is 1.60. The number of carbonyl (C=O) groups is 3. The summed E-state index contributed by atoms with van der Waals surface area (Å²) in [5.74, 6) is -0.662. The normalized spacial score (nSPS) is 14.7. The minimum absolute atomic E-state index is 0.0444. The molecule has 1 fully saturated rings. The van der Waals surface area contributed by atoms with E-state index in [1.807, 2.05) is 0 Å². The molecule has 0 unspecified atom stereocenters. The van der Waals surface area contributed by atoms with Crippen LogP contribution < -0.4 is 15.5 Å². The van der Waals surface area contributed by atoms with Gasteiger partial charge >= 0.3 is 0 Å². The van der Waals surface area contributed by atoms with Gasteiger partial charge in [0, 0.05) is 28.7 Å². The molecule has 0 saturated carbocycles. The van der Waals surface area contributed by atoms with Crippen LogP contribution >= 0.6 is 27.5 Å². The molecule has 0 bridgehead atoms. The molecule has 2 aromatic carbocycles. The first kappa shape index (κ1) is 20.4. The molecule has 2 N–H and O–H groups in total. The third kappa shape index (κ3) is 4.72. The SMILES string of the molecule is C[C@H](NC(=O)c1ccc(Br)cc1)C(=O)Nc1ccc(N2CCCC2=O)c(Cl)c1. The van der Waals surface area contributed by atoms with E-state index in [4.69, 9.17) is 11.6 Å². The van der Waals surface area contributed by atoms with Crippen LogP contribution in [0.3, 0.4) is 0 Å². The Morgan fingerprint density at radius 3 is 2.50 bits per heavy atom. The fourth-order valence-electron chi connectivity index (χ4n) is 2.90. The van der Waals surface area contributed by atoms with Gasteiger partial charge in [-0.3, -0.25) is 14.4 Å². The number of amides is 3. The molecule has 1 heterocycles. The molecule has 0 aromatic heterocycles. The highest BCUT2D eigenvalue weighted by Gasteiger charge is 2.24. The van der Waals surface area contributed by atoms with E-state index in [0.717, 1.165) is 10.9 Å². The molecule has 1 saturated heterocycles. The van der Waals surface area contributed by atoms with E-state index in [1.54, 1.807) is 54.3 Å². The topological polar surface area (TPSA) is 78.5 Å². The molecular weight excluding hydrogens is 446 g/mol. The summed E-state index contributed by atoms with van der Waals surface area (Å²) in [7, 11) is 0. The molecule has 2 aromatic rings. The van der Waals surface area contributed by atoms with Crippen LogP contribution in [0.1, 0.15) is 30.1 Å². The van der Waals surface area contributed by atoms with Crippen molar-refractivity contribution in [3.05, 3.63) is 57.5 Å². The van der Waals surface area contributed by atoms with Gasteiger partial charge in [0.05, 0.1) is 10.7 Å². The molecule has 8 heteroatoms. The Bertz CT molecular complexity index is 917. The van der Waals surface area contributed by atoms with Gasteiger partial charge in [-0.25, -0.2) is 0 Å². The summed E-state index contributed by atoms with van der Waals surface area (Å²) < 4.78 is 0.866. The lowest BCUT2D eigenvalue weighted by Crippen LogP contribution is -2.41. The fraction of sp³-hybridized carbons (Fsp3) is 0.250. The van der Waals surface area contributed by atoms with Gasteiger partial charge in [-0.15, -0.1) is 0 Å². The third-order valence-electron chi connectivity index (χ3n) is 4.43. The molecule has 28 heavy (non-hydrogen) atoms. The predicted octanol–water partition coefficient (Wildman–Crippen LogP) is 3.99. The number of nitrogens with zero attached hydrogens (tertiary/aromatic N) is 1. The van der Waals surface area contributed by atoms with Gasteiger partial charge in [0.1, 0.15) is 6.04 Å². The molecule has 0 aliphatic carbocycles. The Morgan fingerprint density at radius 2 is 1.89 bits per heavy atom. The Hall–Kier alpha value is -2.38. The maximum atomic E-state index is 12.4. The van der Waals surface area contributed by atoms with Gasteiger partial charge in [0.25, 0.3) is 5.91 Å². The van der Waals surface area contributed by atoms with Crippen molar-refractivity contribution in [3.63, 3.8) is 0 Å². The first-order chi connectivity index (χ1) is 13.3. The Balaban J connectivity index is 1.62. The van der Waals surface area contributed by atoms with Gasteiger partial charge in [-0.1, -0.05) is 27.5 Å². The van der Waals surface area contributed by atoms with Gasteiger partial charge in [-0.05, 0) is 55.8 Å². The zero-order valence-corrected chi connectivity index (χ0v) is 17.5. The van der Waals surface area contributed by atoms with E-state index < -0.39 is 6.04 Å². The number of benzene rings is 2. The summed E-state index contributed by atoms with van der Waals surface area (Å²) in [4.78, 5) is 38.2. The van der Waals surface area contributed by atoms with Crippen LogP contribution in [0.5, 0.6) is 0 Å². The van der Waals surface area contributed by atoms with Crippen LogP contribution in [0.25, 0.3) is 0 Å². The second-order valence-corrected chi connectivity index (χ2v) is 7.83. The predicted molar refractivity (Wildman–Crippen MR) is 113 cm³/mol. The first-order valence-corrected chi connectivity index (χ1v) is 9.99. The lowest BCUT2D eigenvalue weighted by atomic mass is 10.2.